The minimum atomic E-state index is -4.12. The van der Waals surface area contributed by atoms with Gasteiger partial charge in [-0.25, -0.2) is 8.78 Å². The molecule has 2 aliphatic rings. The lowest BCUT2D eigenvalue weighted by Gasteiger charge is -2.32. The highest BCUT2D eigenvalue weighted by Gasteiger charge is 2.41. The Kier molecular flexibility index (Phi) is 11.0. The van der Waals surface area contributed by atoms with Crippen molar-refractivity contribution in [3.05, 3.63) is 40.4 Å². The van der Waals surface area contributed by atoms with Gasteiger partial charge in [0.25, 0.3) is 12.3 Å². The summed E-state index contributed by atoms with van der Waals surface area (Å²) in [6.45, 7) is 3.02. The lowest BCUT2D eigenvalue weighted by atomic mass is 9.96. The molecule has 1 atom stereocenters. The second-order valence-corrected chi connectivity index (χ2v) is 10.6. The molecule has 0 aliphatic carbocycles. The van der Waals surface area contributed by atoms with Crippen LogP contribution in [-0.2, 0) is 16.0 Å². The van der Waals surface area contributed by atoms with Gasteiger partial charge in [-0.1, -0.05) is 23.9 Å². The molecule has 1 unspecified atom stereocenters. The number of piperidine rings is 1. The smallest absolute Gasteiger partial charge is 0.385 e. The van der Waals surface area contributed by atoms with E-state index in [9.17, 15) is 36.8 Å². The number of nitrogens with one attached hydrogen (secondary N) is 2. The van der Waals surface area contributed by atoms with Crippen LogP contribution < -0.4 is 10.6 Å². The van der Waals surface area contributed by atoms with E-state index in [2.05, 4.69) is 10.2 Å². The summed E-state index contributed by atoms with van der Waals surface area (Å²) in [7, 11) is 0. The summed E-state index contributed by atoms with van der Waals surface area (Å²) in [5.74, 6) is -2.40. The number of amides is 2. The molecular weight excluding hydrogens is 541 g/mol. The van der Waals surface area contributed by atoms with Crippen molar-refractivity contribution in [3.8, 4) is 6.07 Å². The van der Waals surface area contributed by atoms with Gasteiger partial charge in [0.2, 0.25) is 5.91 Å². The molecule has 39 heavy (non-hydrogen) atoms. The van der Waals surface area contributed by atoms with Crippen molar-refractivity contribution >= 4 is 29.3 Å². The number of thioether (sulfide) groups is 1. The predicted octanol–water partition coefficient (Wildman–Crippen LogP) is 4.39. The lowest BCUT2D eigenvalue weighted by molar-refractivity contribution is -0.185. The Morgan fingerprint density at radius 2 is 1.97 bits per heavy atom. The monoisotopic (exact) mass is 573 g/mol. The SMILES string of the molecule is CCN1C(=O)C(CCNc2cccc(CCN3CCC(C(F)(F)F)CC3)c2)S/C1=C(/C#N)C(=O)NCC(F)F. The number of hydrogen-bond donors (Lipinski definition) is 2. The third kappa shape index (κ3) is 8.57. The third-order valence-electron chi connectivity index (χ3n) is 6.76. The van der Waals surface area contributed by atoms with E-state index in [1.165, 1.54) is 4.90 Å². The van der Waals surface area contributed by atoms with Crippen LogP contribution >= 0.6 is 11.8 Å². The number of nitriles is 1. The molecule has 1 aromatic rings. The quantitative estimate of drug-likeness (QED) is 0.232. The topological polar surface area (TPSA) is 88.5 Å². The van der Waals surface area contributed by atoms with Crippen LogP contribution in [-0.4, -0.2) is 78.7 Å². The van der Waals surface area contributed by atoms with Crippen molar-refractivity contribution in [1.82, 2.24) is 15.1 Å². The number of nitrogens with zero attached hydrogens (tertiary/aromatic N) is 3. The van der Waals surface area contributed by atoms with E-state index < -0.39 is 36.2 Å². The first kappa shape index (κ1) is 30.7. The van der Waals surface area contributed by atoms with E-state index in [0.29, 0.717) is 39.0 Å². The van der Waals surface area contributed by atoms with Crippen molar-refractivity contribution in [3.63, 3.8) is 0 Å². The second kappa shape index (κ2) is 14.0. The van der Waals surface area contributed by atoms with Crippen LogP contribution in [0.25, 0.3) is 0 Å². The van der Waals surface area contributed by atoms with E-state index in [0.717, 1.165) is 23.0 Å². The molecule has 2 saturated heterocycles. The van der Waals surface area contributed by atoms with Crippen LogP contribution in [0.3, 0.4) is 0 Å². The average Bonchev–Trinajstić information content (AvgIpc) is 3.21. The summed E-state index contributed by atoms with van der Waals surface area (Å²) in [4.78, 5) is 28.5. The normalized spacial score (nSPS) is 20.3. The van der Waals surface area contributed by atoms with Gasteiger partial charge in [-0.05, 0) is 63.4 Å². The number of rotatable bonds is 11. The largest absolute Gasteiger partial charge is 0.391 e. The van der Waals surface area contributed by atoms with Crippen LogP contribution in [0.4, 0.5) is 27.6 Å². The van der Waals surface area contributed by atoms with Gasteiger partial charge < -0.3 is 20.4 Å². The summed E-state index contributed by atoms with van der Waals surface area (Å²) >= 11 is 1.08. The summed E-state index contributed by atoms with van der Waals surface area (Å²) in [5.41, 5.74) is 1.52. The lowest BCUT2D eigenvalue weighted by Crippen LogP contribution is -2.39. The van der Waals surface area contributed by atoms with Gasteiger partial charge in [-0.15, -0.1) is 0 Å². The second-order valence-electron chi connectivity index (χ2n) is 9.41. The van der Waals surface area contributed by atoms with E-state index in [1.807, 2.05) is 29.6 Å². The van der Waals surface area contributed by atoms with Crippen LogP contribution in [0.1, 0.15) is 31.7 Å². The number of anilines is 1. The molecule has 0 aromatic heterocycles. The maximum Gasteiger partial charge on any atom is 0.391 e. The molecule has 0 bridgehead atoms. The summed E-state index contributed by atoms with van der Waals surface area (Å²) in [5, 5.41) is 14.4. The average molecular weight is 574 g/mol. The van der Waals surface area contributed by atoms with Crippen molar-refractivity contribution in [1.29, 1.82) is 5.26 Å². The van der Waals surface area contributed by atoms with Gasteiger partial charge >= 0.3 is 6.18 Å². The molecule has 2 aliphatic heterocycles. The molecule has 3 rings (SSSR count). The molecular formula is C26H32F5N5O2S. The van der Waals surface area contributed by atoms with Crippen LogP contribution in [0.2, 0.25) is 0 Å². The van der Waals surface area contributed by atoms with Gasteiger partial charge in [-0.2, -0.15) is 18.4 Å². The zero-order valence-corrected chi connectivity index (χ0v) is 22.4. The molecule has 7 nitrogen and oxygen atoms in total. The van der Waals surface area contributed by atoms with E-state index in [1.54, 1.807) is 13.0 Å². The summed E-state index contributed by atoms with van der Waals surface area (Å²) in [6.07, 6.45) is -5.51. The minimum absolute atomic E-state index is 0.131. The molecule has 1 aromatic carbocycles. The highest BCUT2D eigenvalue weighted by molar-refractivity contribution is 8.04. The van der Waals surface area contributed by atoms with Crippen LogP contribution in [0, 0.1) is 17.2 Å². The first-order valence-corrected chi connectivity index (χ1v) is 13.7. The van der Waals surface area contributed by atoms with E-state index in [-0.39, 0.29) is 35.9 Å². The van der Waals surface area contributed by atoms with Crippen molar-refractivity contribution in [2.45, 2.75) is 50.5 Å². The number of carbonyl (C=O) groups is 2. The fraction of sp³-hybridized carbons (Fsp3) is 0.577. The minimum Gasteiger partial charge on any atom is -0.385 e. The summed E-state index contributed by atoms with van der Waals surface area (Å²) < 4.78 is 63.6. The number of alkyl halides is 5. The third-order valence-corrected chi connectivity index (χ3v) is 8.13. The molecule has 0 saturated carbocycles. The van der Waals surface area contributed by atoms with Gasteiger partial charge in [0.15, 0.2) is 0 Å². The van der Waals surface area contributed by atoms with Crippen molar-refractivity contribution in [2.24, 2.45) is 5.92 Å². The van der Waals surface area contributed by atoms with Gasteiger partial charge in [0.1, 0.15) is 16.7 Å². The Morgan fingerprint density at radius 1 is 1.26 bits per heavy atom. The summed E-state index contributed by atoms with van der Waals surface area (Å²) in [6, 6.07) is 9.44. The first-order chi connectivity index (χ1) is 18.5. The maximum atomic E-state index is 12.9. The Hall–Kier alpha value is -2.85. The van der Waals surface area contributed by atoms with Crippen LogP contribution in [0.15, 0.2) is 34.9 Å². The number of hydrogen-bond acceptors (Lipinski definition) is 6. The Labute approximate surface area is 228 Å². The Bertz CT molecular complexity index is 1080. The molecule has 2 fully saturated rings. The Balaban J connectivity index is 1.51. The van der Waals surface area contributed by atoms with Gasteiger partial charge in [-0.3, -0.25) is 9.59 Å². The fourth-order valence-corrected chi connectivity index (χ4v) is 5.94. The Morgan fingerprint density at radius 3 is 2.59 bits per heavy atom. The van der Waals surface area contributed by atoms with Crippen molar-refractivity contribution in [2.75, 3.05) is 44.6 Å². The highest BCUT2D eigenvalue weighted by Crippen LogP contribution is 2.39. The zero-order valence-electron chi connectivity index (χ0n) is 21.6. The molecule has 13 heteroatoms. The molecule has 2 heterocycles. The standard InChI is InChI=1S/C26H32F5N5O2S/c1-2-36-24(38)21(39-25(36)20(15-32)23(37)34-16-22(27)28)6-10-33-19-5-3-4-17(14-19)7-11-35-12-8-18(9-13-35)26(29,30)31/h3-5,14,18,21-22,33H,2,6-13,16H2,1H3,(H,34,37)/b25-20-. The van der Waals surface area contributed by atoms with E-state index in [4.69, 9.17) is 0 Å². The van der Waals surface area contributed by atoms with Crippen LogP contribution in [0.5, 0.6) is 0 Å². The highest BCUT2D eigenvalue weighted by atomic mass is 32.2. The maximum absolute atomic E-state index is 12.9. The predicted molar refractivity (Wildman–Crippen MR) is 139 cm³/mol. The number of benzene rings is 1. The first-order valence-electron chi connectivity index (χ1n) is 12.8. The molecule has 2 amide bonds. The molecule has 214 valence electrons. The number of halogens is 5. The van der Waals surface area contributed by atoms with Crippen molar-refractivity contribution < 1.29 is 31.5 Å². The van der Waals surface area contributed by atoms with Gasteiger partial charge in [0, 0.05) is 25.3 Å². The number of likely N-dealkylation sites (tertiary alicyclic amines) is 1. The van der Waals surface area contributed by atoms with E-state index >= 15 is 0 Å². The molecule has 0 radical (unpaired) electrons. The number of carbonyl (C=O) groups excluding carboxylic acids is 2. The molecule has 2 N–H and O–H groups in total. The molecule has 0 spiro atoms. The zero-order chi connectivity index (χ0) is 28.6. The van der Waals surface area contributed by atoms with Gasteiger partial charge in [0.05, 0.1) is 17.7 Å². The fourth-order valence-electron chi connectivity index (χ4n) is 4.61.